The average molecular weight is 773 g/mol. The predicted molar refractivity (Wildman–Crippen MR) is 242 cm³/mol. The fourth-order valence-corrected chi connectivity index (χ4v) is 12.4. The van der Waals surface area contributed by atoms with Crippen LogP contribution in [0.4, 0.5) is 0 Å². The molecule has 0 spiro atoms. The second-order valence-electron chi connectivity index (χ2n) is 16.9. The molecule has 53 heavy (non-hydrogen) atoms. The van der Waals surface area contributed by atoms with Crippen LogP contribution in [0.1, 0.15) is 233 Å². The molecule has 0 bridgehead atoms. The van der Waals surface area contributed by atoms with Crippen LogP contribution in [0.25, 0.3) is 0 Å². The Labute approximate surface area is 337 Å². The summed E-state index contributed by atoms with van der Waals surface area (Å²) in [7, 11) is -0.402. The lowest BCUT2D eigenvalue weighted by Gasteiger charge is -2.71. The third kappa shape index (κ3) is 41.6. The molecular formula is C48H104N2O2S. The van der Waals surface area contributed by atoms with E-state index in [-0.39, 0.29) is 0 Å². The zero-order valence-corrected chi connectivity index (χ0v) is 38.3. The summed E-state index contributed by atoms with van der Waals surface area (Å²) in [5.74, 6) is 6.52. The van der Waals surface area contributed by atoms with E-state index in [1.165, 1.54) is 180 Å². The Kier molecular flexibility index (Phi) is 46.7. The van der Waals surface area contributed by atoms with Crippen molar-refractivity contribution in [2.45, 2.75) is 233 Å². The van der Waals surface area contributed by atoms with Crippen LogP contribution in [-0.4, -0.2) is 75.6 Å². The van der Waals surface area contributed by atoms with Gasteiger partial charge in [0.25, 0.3) is 0 Å². The molecule has 0 saturated carbocycles. The minimum absolute atomic E-state index is 0.402. The summed E-state index contributed by atoms with van der Waals surface area (Å²) in [6.45, 7) is 17.8. The first-order valence-corrected chi connectivity index (χ1v) is 27.1. The van der Waals surface area contributed by atoms with Gasteiger partial charge in [-0.1, -0.05) is 233 Å². The molecule has 2 fully saturated rings. The first-order valence-electron chi connectivity index (χ1n) is 24.8. The van der Waals surface area contributed by atoms with Gasteiger partial charge in [-0.05, 0) is 0 Å². The quantitative estimate of drug-likeness (QED) is 0.0623. The Bertz CT molecular complexity index is 523. The monoisotopic (exact) mass is 773 g/mol. The number of rotatable bonds is 36. The van der Waals surface area contributed by atoms with Gasteiger partial charge in [-0.3, -0.25) is 0 Å². The second kappa shape index (κ2) is 46.6. The summed E-state index contributed by atoms with van der Waals surface area (Å²) in [5.41, 5.74) is 0. The lowest BCUT2D eigenvalue weighted by molar-refractivity contribution is -0.670. The number of hydrogen-bond acceptors (Lipinski definition) is 2. The lowest BCUT2D eigenvalue weighted by atomic mass is 10.1. The normalized spacial score (nSPS) is 15.0. The molecule has 5 heteroatoms. The summed E-state index contributed by atoms with van der Waals surface area (Å²) in [5, 5.41) is 4.53. The van der Waals surface area contributed by atoms with Gasteiger partial charge < -0.3 is 30.1 Å². The van der Waals surface area contributed by atoms with Gasteiger partial charge in [0.05, 0.1) is 52.6 Å². The molecule has 0 unspecified atom stereocenters. The Balaban J connectivity index is 0.00000187. The highest BCUT2D eigenvalue weighted by Crippen LogP contribution is 2.28. The van der Waals surface area contributed by atoms with Crippen molar-refractivity contribution >= 4 is 10.0 Å². The third-order valence-electron chi connectivity index (χ3n) is 11.6. The number of ether oxygens (including phenoxy) is 2. The van der Waals surface area contributed by atoms with Crippen LogP contribution in [0.2, 0.25) is 0 Å². The number of nitrogens with two attached hydrogens (primary N) is 2. The molecule has 0 radical (unpaired) electrons. The second-order valence-corrected chi connectivity index (χ2v) is 21.0. The van der Waals surface area contributed by atoms with Crippen LogP contribution >= 0.6 is 0 Å². The molecule has 2 aliphatic heterocycles. The summed E-state index contributed by atoms with van der Waals surface area (Å²) in [6, 6.07) is 0. The van der Waals surface area contributed by atoms with Crippen LogP contribution in [0.3, 0.4) is 0 Å². The molecule has 2 rings (SSSR count). The van der Waals surface area contributed by atoms with E-state index >= 15 is 0 Å². The zero-order chi connectivity index (χ0) is 38.4. The lowest BCUT2D eigenvalue weighted by Crippen LogP contribution is -2.87. The fraction of sp³-hybridized carbons (Fsp3) is 1.00. The number of unbranched alkanes of at least 4 members (excludes halogenated alkanes) is 28. The van der Waals surface area contributed by atoms with Gasteiger partial charge in [0, 0.05) is 0 Å². The topological polar surface area (TPSA) is 51.7 Å². The van der Waals surface area contributed by atoms with Crippen molar-refractivity contribution in [2.75, 3.05) is 75.6 Å². The highest BCUT2D eigenvalue weighted by atomic mass is 32.3. The van der Waals surface area contributed by atoms with Crippen molar-refractivity contribution in [2.24, 2.45) is 0 Å². The van der Waals surface area contributed by atoms with E-state index in [9.17, 15) is 0 Å². The molecule has 0 aromatic carbocycles. The van der Waals surface area contributed by atoms with E-state index in [1.807, 2.05) is 0 Å². The smallest absolute Gasteiger partial charge is 0.0993 e. The molecule has 2 heterocycles. The Hall–Kier alpha value is 0.190. The van der Waals surface area contributed by atoms with Gasteiger partial charge in [0.1, 0.15) is 0 Å². The molecular weight excluding hydrogens is 669 g/mol. The molecule has 0 aromatic rings. The van der Waals surface area contributed by atoms with Crippen molar-refractivity contribution in [1.82, 2.24) is 0 Å². The summed E-state index contributed by atoms with van der Waals surface area (Å²) in [6.07, 6.45) is 47.4. The third-order valence-corrected chi connectivity index (χ3v) is 16.2. The standard InChI is InChI=1S/C40H84S.2C4H9NO/c1-5-9-13-17-21-25-29-33-37-41(38-34-30-26-22-18-14-10-6-2,39-35-31-27-23-19-15-11-7-3)40-36-32-28-24-20-16-12-8-4;2*1-3-6-4-2-5-1/h5-40H2,1-4H3;2*5H,1-4H2/q-2;;/p+2. The molecule has 0 aliphatic carbocycles. The minimum Gasteiger partial charge on any atom is -0.733 e. The number of morpholine rings is 2. The maximum atomic E-state index is 5.04. The molecule has 0 amide bonds. The van der Waals surface area contributed by atoms with E-state index < -0.39 is 10.0 Å². The molecule has 0 atom stereocenters. The van der Waals surface area contributed by atoms with E-state index in [2.05, 4.69) is 38.3 Å². The zero-order valence-electron chi connectivity index (χ0n) is 37.5. The van der Waals surface area contributed by atoms with E-state index in [4.69, 9.17) is 9.47 Å². The van der Waals surface area contributed by atoms with E-state index in [1.54, 1.807) is 48.7 Å². The van der Waals surface area contributed by atoms with Gasteiger partial charge in [-0.2, -0.15) is 0 Å². The largest absolute Gasteiger partial charge is 0.733 e. The highest BCUT2D eigenvalue weighted by molar-refractivity contribution is 8.14. The van der Waals surface area contributed by atoms with E-state index in [0.717, 1.165) is 52.6 Å². The van der Waals surface area contributed by atoms with E-state index in [0.29, 0.717) is 0 Å². The van der Waals surface area contributed by atoms with Gasteiger partial charge in [-0.25, -0.2) is 23.0 Å². The highest BCUT2D eigenvalue weighted by Gasteiger charge is 2.03. The molecule has 324 valence electrons. The van der Waals surface area contributed by atoms with Crippen LogP contribution in [0.15, 0.2) is 0 Å². The molecule has 0 aromatic heterocycles. The van der Waals surface area contributed by atoms with Crippen LogP contribution in [0, 0.1) is 0 Å². The molecule has 4 N–H and O–H groups in total. The van der Waals surface area contributed by atoms with Gasteiger partial charge in [-0.15, -0.1) is 0 Å². The van der Waals surface area contributed by atoms with Crippen molar-refractivity contribution in [3.8, 4) is 0 Å². The van der Waals surface area contributed by atoms with Gasteiger partial charge in [0.15, 0.2) is 0 Å². The summed E-state index contributed by atoms with van der Waals surface area (Å²) < 4.78 is 10.1. The summed E-state index contributed by atoms with van der Waals surface area (Å²) in [4.78, 5) is 0. The maximum Gasteiger partial charge on any atom is 0.0993 e. The van der Waals surface area contributed by atoms with Gasteiger partial charge >= 0.3 is 0 Å². The van der Waals surface area contributed by atoms with Crippen LogP contribution in [0.5, 0.6) is 0 Å². The predicted octanol–water partition coefficient (Wildman–Crippen LogP) is 11.9. The van der Waals surface area contributed by atoms with Crippen molar-refractivity contribution in [1.29, 1.82) is 0 Å². The maximum absolute atomic E-state index is 5.04. The number of hydrogen-bond donors (Lipinski definition) is 2. The Morgan fingerprint density at radius 3 is 0.623 bits per heavy atom. The molecule has 4 nitrogen and oxygen atoms in total. The van der Waals surface area contributed by atoms with Crippen LogP contribution in [-0.2, 0) is 19.5 Å². The Morgan fingerprint density at radius 2 is 0.472 bits per heavy atom. The van der Waals surface area contributed by atoms with Crippen LogP contribution < -0.4 is 10.6 Å². The Morgan fingerprint density at radius 1 is 0.283 bits per heavy atom. The first kappa shape index (κ1) is 53.2. The summed E-state index contributed by atoms with van der Waals surface area (Å²) >= 11 is 0. The van der Waals surface area contributed by atoms with Gasteiger partial charge in [0.2, 0.25) is 0 Å². The van der Waals surface area contributed by atoms with Crippen molar-refractivity contribution in [3.05, 3.63) is 0 Å². The van der Waals surface area contributed by atoms with Crippen molar-refractivity contribution < 1.29 is 20.1 Å². The van der Waals surface area contributed by atoms with Crippen molar-refractivity contribution in [3.63, 3.8) is 0 Å². The average Bonchev–Trinajstić information content (AvgIpc) is 3.20. The number of quaternary nitrogens is 2. The molecule has 2 saturated heterocycles. The SMILES string of the molecule is C1COCC[NH2+]1.C1COCC[NH2+]1.CCCCCCCCCC[S-2](CCCCCCCCCC)(CCCCCCCCCC)CCCCCCCCCC. The minimum atomic E-state index is -0.402. The first-order chi connectivity index (χ1) is 26.2. The fourth-order valence-electron chi connectivity index (χ4n) is 7.94. The molecule has 2 aliphatic rings.